The van der Waals surface area contributed by atoms with Crippen molar-refractivity contribution in [1.82, 2.24) is 24.4 Å². The summed E-state index contributed by atoms with van der Waals surface area (Å²) in [7, 11) is 0. The van der Waals surface area contributed by atoms with Crippen LogP contribution >= 0.6 is 11.3 Å². The van der Waals surface area contributed by atoms with Crippen LogP contribution in [0.15, 0.2) is 36.9 Å². The van der Waals surface area contributed by atoms with Crippen LogP contribution in [0.2, 0.25) is 0 Å². The number of nitrogens with zero attached hydrogens (tertiary/aromatic N) is 5. The van der Waals surface area contributed by atoms with Gasteiger partial charge >= 0.3 is 0 Å². The molecule has 4 heterocycles. The molecule has 1 aliphatic rings. The van der Waals surface area contributed by atoms with Gasteiger partial charge in [-0.1, -0.05) is 6.07 Å². The zero-order valence-electron chi connectivity index (χ0n) is 15.6. The molecule has 0 aromatic carbocycles. The lowest BCUT2D eigenvalue weighted by Crippen LogP contribution is -2.39. The second-order valence-electron chi connectivity index (χ2n) is 7.01. The molecule has 0 aliphatic carbocycles. The summed E-state index contributed by atoms with van der Waals surface area (Å²) in [6.07, 6.45) is 9.58. The smallest absolute Gasteiger partial charge is 0.265 e. The van der Waals surface area contributed by atoms with Crippen LogP contribution in [0.4, 0.5) is 0 Å². The topological polar surface area (TPSA) is 63.9 Å². The van der Waals surface area contributed by atoms with Crippen LogP contribution in [0.25, 0.3) is 0 Å². The SMILES string of the molecule is Cc1nc(C)c(C(=O)N2CCC[C@@H](c3nccn3Cc3cccnc3)C2)s1. The van der Waals surface area contributed by atoms with Crippen LogP contribution in [0.3, 0.4) is 0 Å². The maximum atomic E-state index is 13.0. The molecule has 27 heavy (non-hydrogen) atoms. The highest BCUT2D eigenvalue weighted by atomic mass is 32.1. The molecular formula is C20H23N5OS. The van der Waals surface area contributed by atoms with Gasteiger partial charge in [0, 0.05) is 43.8 Å². The summed E-state index contributed by atoms with van der Waals surface area (Å²) in [5.74, 6) is 1.41. The molecule has 6 nitrogen and oxygen atoms in total. The molecule has 0 unspecified atom stereocenters. The zero-order chi connectivity index (χ0) is 18.8. The van der Waals surface area contributed by atoms with E-state index >= 15 is 0 Å². The van der Waals surface area contributed by atoms with Crippen molar-refractivity contribution in [3.8, 4) is 0 Å². The molecule has 0 radical (unpaired) electrons. The first-order valence-corrected chi connectivity index (χ1v) is 10.1. The summed E-state index contributed by atoms with van der Waals surface area (Å²) in [4.78, 5) is 28.9. The molecule has 3 aromatic heterocycles. The lowest BCUT2D eigenvalue weighted by molar-refractivity contribution is 0.0707. The van der Waals surface area contributed by atoms with Crippen molar-refractivity contribution < 1.29 is 4.79 Å². The highest BCUT2D eigenvalue weighted by molar-refractivity contribution is 7.13. The number of likely N-dealkylation sites (tertiary alicyclic amines) is 1. The molecule has 1 fully saturated rings. The summed E-state index contributed by atoms with van der Waals surface area (Å²) in [6, 6.07) is 4.02. The Morgan fingerprint density at radius 1 is 1.33 bits per heavy atom. The van der Waals surface area contributed by atoms with Gasteiger partial charge < -0.3 is 9.47 Å². The largest absolute Gasteiger partial charge is 0.337 e. The van der Waals surface area contributed by atoms with Gasteiger partial charge in [0.15, 0.2) is 0 Å². The number of hydrogen-bond acceptors (Lipinski definition) is 5. The van der Waals surface area contributed by atoms with Gasteiger partial charge in [-0.05, 0) is 38.3 Å². The second-order valence-corrected chi connectivity index (χ2v) is 8.22. The van der Waals surface area contributed by atoms with Crippen molar-refractivity contribution in [2.45, 2.75) is 39.2 Å². The number of thiazole rings is 1. The van der Waals surface area contributed by atoms with Crippen molar-refractivity contribution >= 4 is 17.2 Å². The van der Waals surface area contributed by atoms with Gasteiger partial charge in [0.05, 0.1) is 17.2 Å². The van der Waals surface area contributed by atoms with Gasteiger partial charge in [-0.2, -0.15) is 0 Å². The molecule has 1 atom stereocenters. The van der Waals surface area contributed by atoms with Crippen molar-refractivity contribution in [3.63, 3.8) is 0 Å². The Morgan fingerprint density at radius 3 is 2.96 bits per heavy atom. The van der Waals surface area contributed by atoms with Crippen LogP contribution in [0, 0.1) is 13.8 Å². The van der Waals surface area contributed by atoms with Crippen molar-refractivity contribution in [2.24, 2.45) is 0 Å². The fourth-order valence-electron chi connectivity index (χ4n) is 3.75. The molecule has 1 aliphatic heterocycles. The Balaban J connectivity index is 1.51. The number of imidazole rings is 1. The van der Waals surface area contributed by atoms with Crippen molar-refractivity contribution in [2.75, 3.05) is 13.1 Å². The third-order valence-corrected chi connectivity index (χ3v) is 6.06. The normalized spacial score (nSPS) is 17.3. The fourth-order valence-corrected chi connectivity index (χ4v) is 4.64. The van der Waals surface area contributed by atoms with Crippen molar-refractivity contribution in [3.05, 3.63) is 63.9 Å². The van der Waals surface area contributed by atoms with E-state index in [1.807, 2.05) is 43.4 Å². The van der Waals surface area contributed by atoms with E-state index in [-0.39, 0.29) is 11.8 Å². The van der Waals surface area contributed by atoms with E-state index in [2.05, 4.69) is 25.6 Å². The van der Waals surface area contributed by atoms with E-state index in [0.717, 1.165) is 52.9 Å². The average molecular weight is 382 g/mol. The number of amides is 1. The summed E-state index contributed by atoms with van der Waals surface area (Å²) < 4.78 is 2.18. The second kappa shape index (κ2) is 7.60. The van der Waals surface area contributed by atoms with E-state index in [9.17, 15) is 4.79 Å². The minimum Gasteiger partial charge on any atom is -0.337 e. The number of hydrogen-bond donors (Lipinski definition) is 0. The Bertz CT molecular complexity index is 933. The van der Waals surface area contributed by atoms with Crippen LogP contribution < -0.4 is 0 Å². The molecule has 0 N–H and O–H groups in total. The van der Waals surface area contributed by atoms with Crippen molar-refractivity contribution in [1.29, 1.82) is 0 Å². The van der Waals surface area contributed by atoms with Crippen LogP contribution in [0.1, 0.15) is 50.5 Å². The molecule has 1 amide bonds. The first-order chi connectivity index (χ1) is 13.1. The van der Waals surface area contributed by atoms with E-state index in [1.54, 1.807) is 6.20 Å². The predicted octanol–water partition coefficient (Wildman–Crippen LogP) is 3.42. The third kappa shape index (κ3) is 3.78. The number of pyridine rings is 1. The zero-order valence-corrected chi connectivity index (χ0v) is 16.4. The lowest BCUT2D eigenvalue weighted by atomic mass is 9.96. The average Bonchev–Trinajstić information content (AvgIpc) is 3.28. The minimum absolute atomic E-state index is 0.105. The quantitative estimate of drug-likeness (QED) is 0.695. The maximum Gasteiger partial charge on any atom is 0.265 e. The van der Waals surface area contributed by atoms with E-state index in [1.165, 1.54) is 11.3 Å². The van der Waals surface area contributed by atoms with Crippen LogP contribution in [-0.2, 0) is 6.54 Å². The summed E-state index contributed by atoms with van der Waals surface area (Å²) in [6.45, 7) is 6.12. The number of piperidine rings is 1. The third-order valence-electron chi connectivity index (χ3n) is 4.99. The van der Waals surface area contributed by atoms with Gasteiger partial charge in [0.2, 0.25) is 0 Å². The monoisotopic (exact) mass is 381 g/mol. The Kier molecular flexibility index (Phi) is 5.03. The number of aromatic nitrogens is 4. The van der Waals surface area contributed by atoms with Gasteiger partial charge in [-0.15, -0.1) is 11.3 Å². The van der Waals surface area contributed by atoms with E-state index < -0.39 is 0 Å². The molecule has 0 saturated carbocycles. The number of rotatable bonds is 4. The number of aryl methyl sites for hydroxylation is 2. The van der Waals surface area contributed by atoms with Gasteiger partial charge in [-0.25, -0.2) is 9.97 Å². The molecule has 3 aromatic rings. The molecule has 0 spiro atoms. The van der Waals surface area contributed by atoms with Crippen LogP contribution in [-0.4, -0.2) is 43.4 Å². The standard InChI is InChI=1S/C20H23N5OS/c1-14-18(27-15(2)23-14)20(26)25-9-4-6-17(13-25)19-22-8-10-24(19)12-16-5-3-7-21-11-16/h3,5,7-8,10-11,17H,4,6,9,12-13H2,1-2H3/t17-/m1/s1. The van der Waals surface area contributed by atoms with E-state index in [0.29, 0.717) is 6.54 Å². The molecule has 140 valence electrons. The number of carbonyl (C=O) groups excluding carboxylic acids is 1. The molecule has 4 rings (SSSR count). The Hall–Kier alpha value is -2.54. The van der Waals surface area contributed by atoms with Gasteiger partial charge in [0.25, 0.3) is 5.91 Å². The highest BCUT2D eigenvalue weighted by Crippen LogP contribution is 2.29. The van der Waals surface area contributed by atoms with Gasteiger partial charge in [0.1, 0.15) is 10.7 Å². The van der Waals surface area contributed by atoms with E-state index in [4.69, 9.17) is 0 Å². The highest BCUT2D eigenvalue weighted by Gasteiger charge is 2.29. The lowest BCUT2D eigenvalue weighted by Gasteiger charge is -2.32. The van der Waals surface area contributed by atoms with Crippen LogP contribution in [0.5, 0.6) is 0 Å². The molecule has 0 bridgehead atoms. The first-order valence-electron chi connectivity index (χ1n) is 9.25. The first kappa shape index (κ1) is 17.9. The fraction of sp³-hybridized carbons (Fsp3) is 0.400. The Morgan fingerprint density at radius 2 is 2.22 bits per heavy atom. The molecular weight excluding hydrogens is 358 g/mol. The summed E-state index contributed by atoms with van der Waals surface area (Å²) in [5, 5.41) is 0.941. The predicted molar refractivity (Wildman–Crippen MR) is 105 cm³/mol. The Labute approximate surface area is 162 Å². The number of carbonyl (C=O) groups is 1. The summed E-state index contributed by atoms with van der Waals surface area (Å²) >= 11 is 1.49. The van der Waals surface area contributed by atoms with Gasteiger partial charge in [-0.3, -0.25) is 9.78 Å². The summed E-state index contributed by atoms with van der Waals surface area (Å²) in [5.41, 5.74) is 1.99. The minimum atomic E-state index is 0.105. The molecule has 7 heteroatoms. The maximum absolute atomic E-state index is 13.0. The molecule has 1 saturated heterocycles.